The third kappa shape index (κ3) is 4.28. The molecule has 0 aliphatic rings. The van der Waals surface area contributed by atoms with Crippen molar-refractivity contribution < 1.29 is 8.42 Å². The standard InChI is InChI=1S/C14H26N2O2S2/c1-4-12(5-2)11-16(6-3)20(17,18)14-8-7-13(19-14)9-10-15/h7-8,12H,4-6,9-11,15H2,1-3H3. The molecule has 0 fully saturated rings. The van der Waals surface area contributed by atoms with E-state index in [4.69, 9.17) is 5.73 Å². The van der Waals surface area contributed by atoms with Crippen molar-refractivity contribution in [2.75, 3.05) is 19.6 Å². The van der Waals surface area contributed by atoms with Crippen molar-refractivity contribution >= 4 is 21.4 Å². The highest BCUT2D eigenvalue weighted by Crippen LogP contribution is 2.26. The molecule has 1 aromatic heterocycles. The summed E-state index contributed by atoms with van der Waals surface area (Å²) in [7, 11) is -3.35. The number of nitrogens with two attached hydrogens (primary N) is 1. The number of thiophene rings is 1. The Balaban J connectivity index is 2.92. The first-order valence-electron chi connectivity index (χ1n) is 7.28. The molecule has 0 atom stereocenters. The highest BCUT2D eigenvalue weighted by atomic mass is 32.2. The Hall–Kier alpha value is -0.430. The van der Waals surface area contributed by atoms with Crippen molar-refractivity contribution in [1.29, 1.82) is 0 Å². The molecule has 0 spiro atoms. The van der Waals surface area contributed by atoms with Crippen molar-refractivity contribution in [3.8, 4) is 0 Å². The molecule has 0 aromatic carbocycles. The Kier molecular flexibility index (Phi) is 7.15. The lowest BCUT2D eigenvalue weighted by molar-refractivity contribution is 0.340. The molecule has 20 heavy (non-hydrogen) atoms. The van der Waals surface area contributed by atoms with Crippen LogP contribution in [0.3, 0.4) is 0 Å². The van der Waals surface area contributed by atoms with Gasteiger partial charge >= 0.3 is 0 Å². The first-order chi connectivity index (χ1) is 9.49. The van der Waals surface area contributed by atoms with E-state index in [-0.39, 0.29) is 0 Å². The van der Waals surface area contributed by atoms with Crippen LogP contribution in [0.25, 0.3) is 0 Å². The van der Waals surface area contributed by atoms with Crippen LogP contribution < -0.4 is 5.73 Å². The third-order valence-corrected chi connectivity index (χ3v) is 7.14. The maximum Gasteiger partial charge on any atom is 0.252 e. The summed E-state index contributed by atoms with van der Waals surface area (Å²) in [6.45, 7) is 7.79. The third-order valence-electron chi connectivity index (χ3n) is 3.59. The van der Waals surface area contributed by atoms with E-state index in [2.05, 4.69) is 13.8 Å². The molecule has 1 aromatic rings. The molecule has 0 aliphatic carbocycles. The van der Waals surface area contributed by atoms with Gasteiger partial charge in [0.2, 0.25) is 0 Å². The molecule has 116 valence electrons. The van der Waals surface area contributed by atoms with Crippen LogP contribution in [0.15, 0.2) is 16.3 Å². The van der Waals surface area contributed by atoms with Crippen LogP contribution >= 0.6 is 11.3 Å². The van der Waals surface area contributed by atoms with Gasteiger partial charge in [0.15, 0.2) is 0 Å². The number of nitrogens with zero attached hydrogens (tertiary/aromatic N) is 1. The normalized spacial score (nSPS) is 12.5. The van der Waals surface area contributed by atoms with E-state index in [0.29, 0.717) is 29.8 Å². The zero-order valence-corrected chi connectivity index (χ0v) is 14.3. The van der Waals surface area contributed by atoms with E-state index >= 15 is 0 Å². The van der Waals surface area contributed by atoms with Crippen molar-refractivity contribution in [3.05, 3.63) is 17.0 Å². The fourth-order valence-electron chi connectivity index (χ4n) is 2.13. The van der Waals surface area contributed by atoms with Gasteiger partial charge < -0.3 is 5.73 Å². The van der Waals surface area contributed by atoms with Crippen LogP contribution in [0.5, 0.6) is 0 Å². The molecular formula is C14H26N2O2S2. The summed E-state index contributed by atoms with van der Waals surface area (Å²) in [5.74, 6) is 0.424. The Morgan fingerprint density at radius 2 is 1.90 bits per heavy atom. The topological polar surface area (TPSA) is 63.4 Å². The average Bonchev–Trinajstić information content (AvgIpc) is 2.90. The van der Waals surface area contributed by atoms with Gasteiger partial charge in [-0.2, -0.15) is 4.31 Å². The van der Waals surface area contributed by atoms with Gasteiger partial charge in [0.1, 0.15) is 4.21 Å². The minimum Gasteiger partial charge on any atom is -0.330 e. The van der Waals surface area contributed by atoms with Crippen molar-refractivity contribution in [2.24, 2.45) is 11.7 Å². The molecule has 0 radical (unpaired) electrons. The largest absolute Gasteiger partial charge is 0.330 e. The Bertz CT molecular complexity index is 493. The van der Waals surface area contributed by atoms with E-state index in [1.165, 1.54) is 11.3 Å². The van der Waals surface area contributed by atoms with Crippen LogP contribution in [0.2, 0.25) is 0 Å². The van der Waals surface area contributed by atoms with Crippen molar-refractivity contribution in [3.63, 3.8) is 0 Å². The van der Waals surface area contributed by atoms with Crippen molar-refractivity contribution in [2.45, 2.75) is 44.2 Å². The van der Waals surface area contributed by atoms with Gasteiger partial charge in [-0.15, -0.1) is 11.3 Å². The maximum absolute atomic E-state index is 12.7. The predicted molar refractivity (Wildman–Crippen MR) is 85.6 cm³/mol. The fourth-order valence-corrected chi connectivity index (χ4v) is 5.18. The van der Waals surface area contributed by atoms with Crippen LogP contribution in [0.4, 0.5) is 0 Å². The zero-order chi connectivity index (χ0) is 15.2. The SMILES string of the molecule is CCC(CC)CN(CC)S(=O)(=O)c1ccc(CCN)s1. The molecule has 2 N–H and O–H groups in total. The van der Waals surface area contributed by atoms with Gasteiger partial charge in [-0.05, 0) is 31.0 Å². The summed E-state index contributed by atoms with van der Waals surface area (Å²) < 4.78 is 27.3. The first kappa shape index (κ1) is 17.6. The first-order valence-corrected chi connectivity index (χ1v) is 9.54. The molecule has 0 saturated heterocycles. The average molecular weight is 319 g/mol. The van der Waals surface area contributed by atoms with Gasteiger partial charge in [0.25, 0.3) is 10.0 Å². The molecule has 6 heteroatoms. The minimum absolute atomic E-state index is 0.424. The zero-order valence-electron chi connectivity index (χ0n) is 12.6. The molecular weight excluding hydrogens is 292 g/mol. The highest BCUT2D eigenvalue weighted by molar-refractivity contribution is 7.91. The van der Waals surface area contributed by atoms with Crippen LogP contribution in [0, 0.1) is 5.92 Å². The second kappa shape index (κ2) is 8.12. The number of sulfonamides is 1. The molecule has 0 aliphatic heterocycles. The quantitative estimate of drug-likeness (QED) is 0.761. The van der Waals surface area contributed by atoms with Gasteiger partial charge in [-0.25, -0.2) is 8.42 Å². The smallest absolute Gasteiger partial charge is 0.252 e. The molecule has 0 saturated carbocycles. The van der Waals surface area contributed by atoms with Gasteiger partial charge in [0.05, 0.1) is 0 Å². The van der Waals surface area contributed by atoms with E-state index in [1.54, 1.807) is 10.4 Å². The van der Waals surface area contributed by atoms with Crippen LogP contribution in [-0.2, 0) is 16.4 Å². The summed E-state index contributed by atoms with van der Waals surface area (Å²) >= 11 is 1.34. The fraction of sp³-hybridized carbons (Fsp3) is 0.714. The van der Waals surface area contributed by atoms with Crippen molar-refractivity contribution in [1.82, 2.24) is 4.31 Å². The minimum atomic E-state index is -3.35. The Morgan fingerprint density at radius 3 is 2.40 bits per heavy atom. The molecule has 0 unspecified atom stereocenters. The van der Waals surface area contributed by atoms with E-state index in [0.717, 1.165) is 24.1 Å². The second-order valence-electron chi connectivity index (χ2n) is 4.90. The second-order valence-corrected chi connectivity index (χ2v) is 8.23. The summed E-state index contributed by atoms with van der Waals surface area (Å²) in [4.78, 5) is 1.03. The van der Waals surface area contributed by atoms with E-state index < -0.39 is 10.0 Å². The molecule has 1 heterocycles. The van der Waals surface area contributed by atoms with E-state index in [9.17, 15) is 8.42 Å². The van der Waals surface area contributed by atoms with Gasteiger partial charge in [-0.3, -0.25) is 0 Å². The molecule has 0 bridgehead atoms. The number of hydrogen-bond acceptors (Lipinski definition) is 4. The lowest BCUT2D eigenvalue weighted by Crippen LogP contribution is -2.34. The monoisotopic (exact) mass is 318 g/mol. The number of hydrogen-bond donors (Lipinski definition) is 1. The van der Waals surface area contributed by atoms with E-state index in [1.807, 2.05) is 13.0 Å². The lowest BCUT2D eigenvalue weighted by atomic mass is 10.0. The molecule has 0 amide bonds. The summed E-state index contributed by atoms with van der Waals surface area (Å²) in [6, 6.07) is 3.58. The number of rotatable bonds is 9. The highest BCUT2D eigenvalue weighted by Gasteiger charge is 2.26. The lowest BCUT2D eigenvalue weighted by Gasteiger charge is -2.24. The predicted octanol–water partition coefficient (Wildman–Crippen LogP) is 2.70. The Labute approximate surface area is 127 Å². The van der Waals surface area contributed by atoms with Gasteiger partial charge in [-0.1, -0.05) is 33.6 Å². The van der Waals surface area contributed by atoms with Crippen LogP contribution in [0.1, 0.15) is 38.5 Å². The van der Waals surface area contributed by atoms with Crippen LogP contribution in [-0.4, -0.2) is 32.4 Å². The summed E-state index contributed by atoms with van der Waals surface area (Å²) in [5.41, 5.74) is 5.51. The maximum atomic E-state index is 12.7. The molecule has 4 nitrogen and oxygen atoms in total. The Morgan fingerprint density at radius 1 is 1.25 bits per heavy atom. The summed E-state index contributed by atoms with van der Waals surface area (Å²) in [5, 5.41) is 0. The molecule has 1 rings (SSSR count). The summed E-state index contributed by atoms with van der Waals surface area (Å²) in [6.07, 6.45) is 2.75. The van der Waals surface area contributed by atoms with Gasteiger partial charge in [0, 0.05) is 18.0 Å².